The van der Waals surface area contributed by atoms with E-state index in [9.17, 15) is 4.79 Å². The zero-order valence-electron chi connectivity index (χ0n) is 16.6. The maximum atomic E-state index is 12.1. The Labute approximate surface area is 159 Å². The van der Waals surface area contributed by atoms with Crippen LogP contribution in [0.4, 0.5) is 0 Å². The smallest absolute Gasteiger partial charge is 0.185 e. The Morgan fingerprint density at radius 2 is 1.48 bits per heavy atom. The Hall–Kier alpha value is -2.76. The molecule has 0 saturated heterocycles. The van der Waals surface area contributed by atoms with Crippen molar-refractivity contribution >= 4 is 11.5 Å². The highest BCUT2D eigenvalue weighted by Gasteiger charge is 2.55. The number of aliphatic imine (C=N–C) groups is 1. The van der Waals surface area contributed by atoms with Crippen LogP contribution in [-0.2, 0) is 14.3 Å². The van der Waals surface area contributed by atoms with Crippen molar-refractivity contribution < 1.29 is 23.7 Å². The molecule has 0 N–H and O–H groups in total. The van der Waals surface area contributed by atoms with E-state index in [2.05, 4.69) is 13.8 Å². The van der Waals surface area contributed by atoms with Crippen LogP contribution in [0.3, 0.4) is 0 Å². The summed E-state index contributed by atoms with van der Waals surface area (Å²) in [6, 6.07) is 5.66. The first kappa shape index (κ1) is 19.0. The summed E-state index contributed by atoms with van der Waals surface area (Å²) in [6.07, 6.45) is 3.65. The summed E-state index contributed by atoms with van der Waals surface area (Å²) in [6.45, 7) is 4.11. The van der Waals surface area contributed by atoms with Gasteiger partial charge in [-0.1, -0.05) is 0 Å². The zero-order chi connectivity index (χ0) is 19.8. The van der Waals surface area contributed by atoms with E-state index >= 15 is 0 Å². The Morgan fingerprint density at radius 3 is 2.00 bits per heavy atom. The molecule has 0 bridgehead atoms. The van der Waals surface area contributed by atoms with Crippen LogP contribution in [-0.4, -0.2) is 45.5 Å². The molecule has 0 radical (unpaired) electrons. The van der Waals surface area contributed by atoms with E-state index in [1.54, 1.807) is 28.4 Å². The van der Waals surface area contributed by atoms with Crippen LogP contribution in [0, 0.1) is 5.41 Å². The predicted molar refractivity (Wildman–Crippen MR) is 102 cm³/mol. The van der Waals surface area contributed by atoms with Gasteiger partial charge in [-0.25, -0.2) is 0 Å². The fraction of sp³-hybridized carbons (Fsp3) is 0.429. The average molecular weight is 371 g/mol. The van der Waals surface area contributed by atoms with Crippen molar-refractivity contribution in [2.45, 2.75) is 25.8 Å². The molecule has 0 aromatic heterocycles. The summed E-state index contributed by atoms with van der Waals surface area (Å²) in [5.41, 5.74) is 0.513. The summed E-state index contributed by atoms with van der Waals surface area (Å²) in [4.78, 5) is 17.1. The number of hydrogen-bond acceptors (Lipinski definition) is 6. The van der Waals surface area contributed by atoms with Gasteiger partial charge in [0.05, 0.1) is 39.7 Å². The summed E-state index contributed by atoms with van der Waals surface area (Å²) >= 11 is 0. The number of carbonyl (C=O) groups excluding carboxylic acids is 1. The summed E-state index contributed by atoms with van der Waals surface area (Å²) in [5, 5.41) is 0. The fourth-order valence-corrected chi connectivity index (χ4v) is 4.01. The fourth-order valence-electron chi connectivity index (χ4n) is 4.01. The second-order valence-electron chi connectivity index (χ2n) is 7.25. The van der Waals surface area contributed by atoms with E-state index < -0.39 is 5.41 Å². The molecule has 0 amide bonds. The van der Waals surface area contributed by atoms with Crippen molar-refractivity contribution in [1.82, 2.24) is 0 Å². The van der Waals surface area contributed by atoms with Gasteiger partial charge < -0.3 is 18.9 Å². The average Bonchev–Trinajstić information content (AvgIpc) is 2.94. The van der Waals surface area contributed by atoms with Crippen LogP contribution in [0.25, 0.3) is 0 Å². The minimum absolute atomic E-state index is 0.161. The van der Waals surface area contributed by atoms with E-state index in [1.807, 2.05) is 18.2 Å². The molecule has 1 aliphatic carbocycles. The molecule has 144 valence electrons. The Morgan fingerprint density at radius 1 is 0.889 bits per heavy atom. The van der Waals surface area contributed by atoms with Gasteiger partial charge in [-0.05, 0) is 38.5 Å². The number of rotatable bonds is 5. The van der Waals surface area contributed by atoms with Crippen LogP contribution in [0.1, 0.15) is 25.8 Å². The van der Waals surface area contributed by atoms with Crippen LogP contribution in [0.2, 0.25) is 0 Å². The number of ketones is 1. The molecule has 1 spiro atoms. The second-order valence-corrected chi connectivity index (χ2v) is 7.25. The largest absolute Gasteiger partial charge is 0.499 e. The lowest BCUT2D eigenvalue weighted by Crippen LogP contribution is -2.38. The first-order valence-corrected chi connectivity index (χ1v) is 8.70. The minimum Gasteiger partial charge on any atom is -0.499 e. The topological polar surface area (TPSA) is 66.4 Å². The maximum Gasteiger partial charge on any atom is 0.185 e. The number of nitrogens with zero attached hydrogens (tertiary/aromatic N) is 1. The molecule has 0 saturated carbocycles. The van der Waals surface area contributed by atoms with Crippen molar-refractivity contribution in [2.75, 3.05) is 28.4 Å². The molecule has 6 nitrogen and oxygen atoms in total. The summed E-state index contributed by atoms with van der Waals surface area (Å²) in [7, 11) is 6.32. The monoisotopic (exact) mass is 371 g/mol. The quantitative estimate of drug-likeness (QED) is 0.794. The van der Waals surface area contributed by atoms with Gasteiger partial charge in [0.2, 0.25) is 0 Å². The lowest BCUT2D eigenvalue weighted by atomic mass is 9.70. The number of carbonyl (C=O) groups is 1. The highest BCUT2D eigenvalue weighted by Crippen LogP contribution is 2.53. The van der Waals surface area contributed by atoms with Gasteiger partial charge >= 0.3 is 0 Å². The van der Waals surface area contributed by atoms with Crippen molar-refractivity contribution in [2.24, 2.45) is 10.4 Å². The van der Waals surface area contributed by atoms with Crippen LogP contribution >= 0.6 is 0 Å². The van der Waals surface area contributed by atoms with E-state index in [-0.39, 0.29) is 11.3 Å². The minimum atomic E-state index is -0.763. The second kappa shape index (κ2) is 6.76. The van der Waals surface area contributed by atoms with Gasteiger partial charge in [-0.2, -0.15) is 0 Å². The molecule has 2 aliphatic rings. The lowest BCUT2D eigenvalue weighted by Gasteiger charge is -2.36. The molecule has 0 fully saturated rings. The first-order valence-electron chi connectivity index (χ1n) is 8.70. The Balaban J connectivity index is 2.25. The molecule has 3 rings (SSSR count). The standard InChI is InChI=1S/C21H25NO5/c1-20(2)12-21(17(26-5)10-14(23)11-18(21)27-6)19(22-20)13-7-8-15(24-3)16(9-13)25-4/h7-11H,12H2,1-6H3. The SMILES string of the molecule is COC1=CC(=O)C=C(OC)C12CC(C)(C)N=C2c1ccc(OC)c(OC)c1. The third kappa shape index (κ3) is 2.99. The van der Waals surface area contributed by atoms with Gasteiger partial charge in [-0.15, -0.1) is 0 Å². The van der Waals surface area contributed by atoms with E-state index in [0.29, 0.717) is 29.4 Å². The molecule has 0 unspecified atom stereocenters. The number of ether oxygens (including phenoxy) is 4. The Bertz CT molecular complexity index is 839. The summed E-state index contributed by atoms with van der Waals surface area (Å²) in [5.74, 6) is 2.15. The molecule has 1 aromatic carbocycles. The number of methoxy groups -OCH3 is 4. The van der Waals surface area contributed by atoms with Gasteiger partial charge in [0.25, 0.3) is 0 Å². The lowest BCUT2D eigenvalue weighted by molar-refractivity contribution is -0.111. The number of allylic oxidation sites excluding steroid dienone is 2. The van der Waals surface area contributed by atoms with Gasteiger partial charge in [0, 0.05) is 17.7 Å². The molecule has 27 heavy (non-hydrogen) atoms. The van der Waals surface area contributed by atoms with Crippen molar-refractivity contribution in [1.29, 1.82) is 0 Å². The zero-order valence-corrected chi connectivity index (χ0v) is 16.6. The molecule has 1 aromatic rings. The van der Waals surface area contributed by atoms with E-state index in [0.717, 1.165) is 11.3 Å². The van der Waals surface area contributed by atoms with Gasteiger partial charge in [0.1, 0.15) is 16.9 Å². The number of hydrogen-bond donors (Lipinski definition) is 0. The first-order chi connectivity index (χ1) is 12.8. The predicted octanol–water partition coefficient (Wildman–Crippen LogP) is 3.30. The van der Waals surface area contributed by atoms with E-state index in [4.69, 9.17) is 23.9 Å². The van der Waals surface area contributed by atoms with Crippen molar-refractivity contribution in [3.63, 3.8) is 0 Å². The molecular weight excluding hydrogens is 346 g/mol. The van der Waals surface area contributed by atoms with Gasteiger partial charge in [0.15, 0.2) is 17.3 Å². The summed E-state index contributed by atoms with van der Waals surface area (Å²) < 4.78 is 22.1. The molecular formula is C21H25NO5. The third-order valence-electron chi connectivity index (χ3n) is 5.00. The van der Waals surface area contributed by atoms with Crippen LogP contribution < -0.4 is 9.47 Å². The van der Waals surface area contributed by atoms with Crippen LogP contribution in [0.5, 0.6) is 11.5 Å². The van der Waals surface area contributed by atoms with Crippen molar-refractivity contribution in [3.05, 3.63) is 47.4 Å². The normalized spacial score (nSPS) is 19.9. The highest BCUT2D eigenvalue weighted by molar-refractivity contribution is 6.13. The van der Waals surface area contributed by atoms with Crippen LogP contribution in [0.15, 0.2) is 46.9 Å². The molecule has 1 aliphatic heterocycles. The third-order valence-corrected chi connectivity index (χ3v) is 5.00. The Kier molecular flexibility index (Phi) is 4.76. The van der Waals surface area contributed by atoms with Crippen molar-refractivity contribution in [3.8, 4) is 11.5 Å². The highest BCUT2D eigenvalue weighted by atomic mass is 16.5. The maximum absolute atomic E-state index is 12.1. The molecule has 0 atom stereocenters. The molecule has 6 heteroatoms. The molecule has 1 heterocycles. The van der Waals surface area contributed by atoms with Gasteiger partial charge in [-0.3, -0.25) is 9.79 Å². The van der Waals surface area contributed by atoms with E-state index in [1.165, 1.54) is 12.2 Å². The number of benzene rings is 1.